The number of hydrogen-bond donors (Lipinski definition) is 1. The van der Waals surface area contributed by atoms with Crippen LogP contribution in [0, 0.1) is 0 Å². The van der Waals surface area contributed by atoms with Crippen LogP contribution in [-0.4, -0.2) is 55.3 Å². The molecule has 1 saturated heterocycles. The summed E-state index contributed by atoms with van der Waals surface area (Å²) < 4.78 is 27.5. The Balaban J connectivity index is 2.03. The fraction of sp³-hybridized carbons (Fsp3) is 0.500. The van der Waals surface area contributed by atoms with Gasteiger partial charge < -0.3 is 5.73 Å². The van der Waals surface area contributed by atoms with E-state index >= 15 is 0 Å². The zero-order chi connectivity index (χ0) is 14.0. The molecular formula is C10H14BrN3O2S3. The van der Waals surface area contributed by atoms with Gasteiger partial charge in [-0.25, -0.2) is 8.42 Å². The third-order valence-electron chi connectivity index (χ3n) is 2.85. The van der Waals surface area contributed by atoms with E-state index in [1.807, 2.05) is 0 Å². The summed E-state index contributed by atoms with van der Waals surface area (Å²) in [5.74, 6) is 0. The molecule has 0 aliphatic carbocycles. The summed E-state index contributed by atoms with van der Waals surface area (Å²) >= 11 is 9.38. The Morgan fingerprint density at radius 2 is 2.00 bits per heavy atom. The Labute approximate surface area is 130 Å². The van der Waals surface area contributed by atoms with Crippen molar-refractivity contribution in [3.05, 3.63) is 15.9 Å². The lowest BCUT2D eigenvalue weighted by Crippen LogP contribution is -2.50. The quantitative estimate of drug-likeness (QED) is 0.788. The first-order valence-corrected chi connectivity index (χ1v) is 9.11. The minimum Gasteiger partial charge on any atom is -0.392 e. The van der Waals surface area contributed by atoms with Gasteiger partial charge >= 0.3 is 0 Å². The van der Waals surface area contributed by atoms with Gasteiger partial charge in [0.05, 0.1) is 8.77 Å². The van der Waals surface area contributed by atoms with Crippen molar-refractivity contribution < 1.29 is 8.42 Å². The van der Waals surface area contributed by atoms with Crippen molar-refractivity contribution in [3.8, 4) is 0 Å². The van der Waals surface area contributed by atoms with E-state index in [2.05, 4.69) is 20.8 Å². The third kappa shape index (κ3) is 3.73. The van der Waals surface area contributed by atoms with Gasteiger partial charge in [0.1, 0.15) is 4.21 Å². The average molecular weight is 384 g/mol. The van der Waals surface area contributed by atoms with E-state index in [9.17, 15) is 8.42 Å². The van der Waals surface area contributed by atoms with Crippen LogP contribution in [0.3, 0.4) is 0 Å². The van der Waals surface area contributed by atoms with Gasteiger partial charge in [0.15, 0.2) is 0 Å². The van der Waals surface area contributed by atoms with Crippen LogP contribution in [0.4, 0.5) is 0 Å². The van der Waals surface area contributed by atoms with E-state index in [0.717, 1.165) is 3.79 Å². The second-order valence-corrected chi connectivity index (χ2v) is 9.36. The molecule has 106 valence electrons. The molecule has 0 radical (unpaired) electrons. The first-order valence-electron chi connectivity index (χ1n) is 5.66. The van der Waals surface area contributed by atoms with Gasteiger partial charge in [-0.05, 0) is 28.1 Å². The highest BCUT2D eigenvalue weighted by molar-refractivity contribution is 9.11. The average Bonchev–Trinajstić information content (AvgIpc) is 2.76. The van der Waals surface area contributed by atoms with Crippen molar-refractivity contribution >= 4 is 54.5 Å². The number of nitrogens with two attached hydrogens (primary N) is 1. The van der Waals surface area contributed by atoms with E-state index in [-0.39, 0.29) is 0 Å². The molecule has 2 rings (SSSR count). The van der Waals surface area contributed by atoms with Crippen molar-refractivity contribution in [1.29, 1.82) is 0 Å². The number of rotatable bonds is 4. The van der Waals surface area contributed by atoms with Crippen molar-refractivity contribution in [3.63, 3.8) is 0 Å². The highest BCUT2D eigenvalue weighted by atomic mass is 79.9. The lowest BCUT2D eigenvalue weighted by atomic mass is 10.3. The summed E-state index contributed by atoms with van der Waals surface area (Å²) in [6, 6.07) is 3.38. The van der Waals surface area contributed by atoms with Crippen molar-refractivity contribution in [2.24, 2.45) is 5.73 Å². The van der Waals surface area contributed by atoms with E-state index in [1.165, 1.54) is 15.6 Å². The van der Waals surface area contributed by atoms with Gasteiger partial charge in [-0.2, -0.15) is 4.31 Å². The Hall–Kier alpha value is -0.0600. The van der Waals surface area contributed by atoms with Gasteiger partial charge in [-0.15, -0.1) is 11.3 Å². The van der Waals surface area contributed by atoms with Crippen LogP contribution >= 0.6 is 39.5 Å². The molecule has 0 aromatic carbocycles. The summed E-state index contributed by atoms with van der Waals surface area (Å²) in [5.41, 5.74) is 5.49. The zero-order valence-electron chi connectivity index (χ0n) is 10.1. The topological polar surface area (TPSA) is 66.6 Å². The zero-order valence-corrected chi connectivity index (χ0v) is 14.1. The van der Waals surface area contributed by atoms with E-state index in [1.54, 1.807) is 12.1 Å². The van der Waals surface area contributed by atoms with E-state index in [0.29, 0.717) is 41.9 Å². The summed E-state index contributed by atoms with van der Waals surface area (Å²) in [7, 11) is -3.36. The fourth-order valence-electron chi connectivity index (χ4n) is 1.91. The molecule has 0 spiro atoms. The van der Waals surface area contributed by atoms with E-state index in [4.69, 9.17) is 18.0 Å². The first kappa shape index (κ1) is 15.3. The highest BCUT2D eigenvalue weighted by Gasteiger charge is 2.29. The van der Waals surface area contributed by atoms with Crippen LogP contribution in [0.2, 0.25) is 0 Å². The maximum Gasteiger partial charge on any atom is 0.252 e. The van der Waals surface area contributed by atoms with Gasteiger partial charge in [-0.3, -0.25) is 4.90 Å². The van der Waals surface area contributed by atoms with Crippen LogP contribution < -0.4 is 5.73 Å². The van der Waals surface area contributed by atoms with Crippen molar-refractivity contribution in [2.45, 2.75) is 4.21 Å². The fourth-order valence-corrected chi connectivity index (χ4v) is 5.68. The van der Waals surface area contributed by atoms with Gasteiger partial charge in [0.2, 0.25) is 0 Å². The molecule has 2 heterocycles. The molecule has 1 fully saturated rings. The van der Waals surface area contributed by atoms with Crippen LogP contribution in [0.25, 0.3) is 0 Å². The molecule has 9 heteroatoms. The summed E-state index contributed by atoms with van der Waals surface area (Å²) in [5, 5.41) is 0. The minimum absolute atomic E-state index is 0.377. The van der Waals surface area contributed by atoms with Crippen LogP contribution in [0.5, 0.6) is 0 Å². The largest absolute Gasteiger partial charge is 0.392 e. The summed E-state index contributed by atoms with van der Waals surface area (Å²) in [4.78, 5) is 2.51. The Morgan fingerprint density at radius 3 is 2.47 bits per heavy atom. The molecule has 1 aromatic rings. The number of piperazine rings is 1. The number of sulfonamides is 1. The normalized spacial score (nSPS) is 18.6. The maximum atomic E-state index is 12.4. The molecule has 1 aliphatic heterocycles. The molecule has 1 aliphatic rings. The molecular weight excluding hydrogens is 370 g/mol. The number of halogens is 1. The van der Waals surface area contributed by atoms with Gasteiger partial charge in [0, 0.05) is 32.7 Å². The number of thiocarbonyl (C=S) groups is 1. The molecule has 0 unspecified atom stereocenters. The number of thiophene rings is 1. The van der Waals surface area contributed by atoms with Crippen LogP contribution in [0.1, 0.15) is 0 Å². The van der Waals surface area contributed by atoms with Gasteiger partial charge in [0.25, 0.3) is 10.0 Å². The third-order valence-corrected chi connectivity index (χ3v) is 6.97. The molecule has 0 atom stereocenters. The molecule has 0 bridgehead atoms. The predicted molar refractivity (Wildman–Crippen MR) is 84.0 cm³/mol. The molecule has 0 amide bonds. The standard InChI is InChI=1S/C10H14BrN3O2S3/c11-8-1-2-10(18-8)19(15,16)14-5-3-13(4-6-14)7-9(12)17/h1-2H,3-7H2,(H2,12,17). The van der Waals surface area contributed by atoms with Crippen molar-refractivity contribution in [2.75, 3.05) is 32.7 Å². The highest BCUT2D eigenvalue weighted by Crippen LogP contribution is 2.28. The van der Waals surface area contributed by atoms with E-state index < -0.39 is 10.0 Å². The minimum atomic E-state index is -3.36. The second kappa shape index (κ2) is 6.15. The Morgan fingerprint density at radius 1 is 1.37 bits per heavy atom. The number of nitrogens with zero attached hydrogens (tertiary/aromatic N) is 2. The Bertz CT molecular complexity index is 564. The lowest BCUT2D eigenvalue weighted by molar-refractivity contribution is 0.210. The predicted octanol–water partition coefficient (Wildman–Crippen LogP) is 1.10. The summed E-state index contributed by atoms with van der Waals surface area (Å²) in [6.45, 7) is 2.81. The maximum absolute atomic E-state index is 12.4. The second-order valence-electron chi connectivity index (χ2n) is 4.21. The molecule has 0 saturated carbocycles. The first-order chi connectivity index (χ1) is 8.89. The Kier molecular flexibility index (Phi) is 4.96. The molecule has 19 heavy (non-hydrogen) atoms. The van der Waals surface area contributed by atoms with Crippen LogP contribution in [0.15, 0.2) is 20.1 Å². The molecule has 1 aromatic heterocycles. The van der Waals surface area contributed by atoms with Crippen molar-refractivity contribution in [1.82, 2.24) is 9.21 Å². The molecule has 5 nitrogen and oxygen atoms in total. The SMILES string of the molecule is NC(=S)CN1CCN(S(=O)(=O)c2ccc(Br)s2)CC1. The number of hydrogen-bond acceptors (Lipinski definition) is 5. The lowest BCUT2D eigenvalue weighted by Gasteiger charge is -2.33. The molecule has 2 N–H and O–H groups in total. The van der Waals surface area contributed by atoms with Crippen LogP contribution in [-0.2, 0) is 10.0 Å². The smallest absolute Gasteiger partial charge is 0.252 e. The monoisotopic (exact) mass is 383 g/mol. The van der Waals surface area contributed by atoms with Gasteiger partial charge in [-0.1, -0.05) is 12.2 Å². The summed E-state index contributed by atoms with van der Waals surface area (Å²) in [6.07, 6.45) is 0.